The van der Waals surface area contributed by atoms with Crippen LogP contribution >= 0.6 is 0 Å². The molecular formula is C14H16N2O. The number of hydrogen-bond donors (Lipinski definition) is 1. The Labute approximate surface area is 101 Å². The van der Waals surface area contributed by atoms with E-state index in [0.29, 0.717) is 6.42 Å². The van der Waals surface area contributed by atoms with Crippen molar-refractivity contribution in [2.24, 2.45) is 0 Å². The molecule has 3 nitrogen and oxygen atoms in total. The first-order valence-corrected chi connectivity index (χ1v) is 5.72. The summed E-state index contributed by atoms with van der Waals surface area (Å²) in [5.41, 5.74) is 2.10. The highest BCUT2D eigenvalue weighted by Gasteiger charge is 2.08. The van der Waals surface area contributed by atoms with E-state index in [0.717, 1.165) is 17.1 Å². The smallest absolute Gasteiger partial charge is 0.144 e. The summed E-state index contributed by atoms with van der Waals surface area (Å²) in [6, 6.07) is 10.0. The van der Waals surface area contributed by atoms with Crippen molar-refractivity contribution in [1.82, 2.24) is 9.55 Å². The monoisotopic (exact) mass is 228 g/mol. The number of imidazole rings is 1. The molecule has 0 radical (unpaired) electrons. The van der Waals surface area contributed by atoms with E-state index < -0.39 is 0 Å². The zero-order chi connectivity index (χ0) is 12.1. The maximum absolute atomic E-state index is 9.03. The molecule has 88 valence electrons. The quantitative estimate of drug-likeness (QED) is 0.873. The van der Waals surface area contributed by atoms with Gasteiger partial charge in [-0.25, -0.2) is 4.98 Å². The lowest BCUT2D eigenvalue weighted by Crippen LogP contribution is -1.99. The van der Waals surface area contributed by atoms with Gasteiger partial charge >= 0.3 is 0 Å². The highest BCUT2D eigenvalue weighted by atomic mass is 16.3. The van der Waals surface area contributed by atoms with Crippen LogP contribution in [0.4, 0.5) is 0 Å². The summed E-state index contributed by atoms with van der Waals surface area (Å²) in [7, 11) is 0. The molecule has 0 aliphatic heterocycles. The van der Waals surface area contributed by atoms with Crippen molar-refractivity contribution in [3.8, 4) is 11.4 Å². The molecular weight excluding hydrogens is 212 g/mol. The Morgan fingerprint density at radius 2 is 2.06 bits per heavy atom. The van der Waals surface area contributed by atoms with Gasteiger partial charge in [-0.15, -0.1) is 0 Å². The second kappa shape index (κ2) is 5.46. The predicted octanol–water partition coefficient (Wildman–Crippen LogP) is 2.58. The highest BCUT2D eigenvalue weighted by molar-refractivity contribution is 5.59. The molecule has 0 atom stereocenters. The van der Waals surface area contributed by atoms with Crippen LogP contribution in [-0.4, -0.2) is 21.3 Å². The Morgan fingerprint density at radius 1 is 1.29 bits per heavy atom. The molecule has 17 heavy (non-hydrogen) atoms. The third-order valence-electron chi connectivity index (χ3n) is 2.57. The van der Waals surface area contributed by atoms with Crippen molar-refractivity contribution in [3.63, 3.8) is 0 Å². The third kappa shape index (κ3) is 2.45. The third-order valence-corrected chi connectivity index (χ3v) is 2.57. The molecule has 2 rings (SSSR count). The van der Waals surface area contributed by atoms with Crippen molar-refractivity contribution < 1.29 is 5.11 Å². The van der Waals surface area contributed by atoms with Gasteiger partial charge in [-0.1, -0.05) is 36.4 Å². The topological polar surface area (TPSA) is 38.0 Å². The lowest BCUT2D eigenvalue weighted by Gasteiger charge is -2.06. The van der Waals surface area contributed by atoms with E-state index in [9.17, 15) is 0 Å². The van der Waals surface area contributed by atoms with E-state index in [-0.39, 0.29) is 6.61 Å². The van der Waals surface area contributed by atoms with Crippen molar-refractivity contribution in [2.75, 3.05) is 6.61 Å². The van der Waals surface area contributed by atoms with E-state index >= 15 is 0 Å². The van der Waals surface area contributed by atoms with Crippen LogP contribution in [0.5, 0.6) is 0 Å². The Kier molecular flexibility index (Phi) is 3.73. The number of aromatic nitrogens is 2. The van der Waals surface area contributed by atoms with Gasteiger partial charge in [0.1, 0.15) is 5.82 Å². The van der Waals surface area contributed by atoms with Gasteiger partial charge in [0.25, 0.3) is 0 Å². The van der Waals surface area contributed by atoms with Gasteiger partial charge in [0, 0.05) is 36.7 Å². The summed E-state index contributed by atoms with van der Waals surface area (Å²) in [6.07, 6.45) is 6.37. The zero-order valence-electron chi connectivity index (χ0n) is 9.87. The number of nitrogens with zero attached hydrogens (tertiary/aromatic N) is 2. The minimum absolute atomic E-state index is 0.136. The molecule has 0 aliphatic rings. The normalized spacial score (nSPS) is 11.2. The molecule has 1 N–H and O–H groups in total. The summed E-state index contributed by atoms with van der Waals surface area (Å²) in [6.45, 7) is 2.11. The van der Waals surface area contributed by atoms with Crippen molar-refractivity contribution in [2.45, 2.75) is 13.3 Å². The van der Waals surface area contributed by atoms with Crippen LogP contribution < -0.4 is 0 Å². The molecule has 1 heterocycles. The van der Waals surface area contributed by atoms with Gasteiger partial charge in [-0.3, -0.25) is 0 Å². The maximum atomic E-state index is 9.03. The second-order valence-corrected chi connectivity index (χ2v) is 3.77. The number of rotatable bonds is 4. The minimum Gasteiger partial charge on any atom is -0.396 e. The van der Waals surface area contributed by atoms with E-state index in [4.69, 9.17) is 5.11 Å². The fourth-order valence-corrected chi connectivity index (χ4v) is 1.81. The van der Waals surface area contributed by atoms with Gasteiger partial charge in [0.05, 0.1) is 0 Å². The summed E-state index contributed by atoms with van der Waals surface area (Å²) in [5, 5.41) is 9.03. The predicted molar refractivity (Wildman–Crippen MR) is 69.5 cm³/mol. The Bertz CT molecular complexity index is 500. The molecule has 0 bridgehead atoms. The minimum atomic E-state index is 0.136. The standard InChI is InChI=1S/C14H16N2O/c1-2-9-16-13(8-10-17)11-15-14(16)12-6-4-3-5-7-12/h2-7,9,11,17H,8,10H2,1H3/b9-2+. The SMILES string of the molecule is C/C=C/n1c(CCO)cnc1-c1ccccc1. The summed E-state index contributed by atoms with van der Waals surface area (Å²) in [5.74, 6) is 0.909. The average Bonchev–Trinajstić information content (AvgIpc) is 2.75. The number of benzene rings is 1. The summed E-state index contributed by atoms with van der Waals surface area (Å²) >= 11 is 0. The Balaban J connectivity index is 2.47. The van der Waals surface area contributed by atoms with Crippen molar-refractivity contribution >= 4 is 6.20 Å². The van der Waals surface area contributed by atoms with Crippen molar-refractivity contribution in [3.05, 3.63) is 48.3 Å². The fraction of sp³-hybridized carbons (Fsp3) is 0.214. The molecule has 1 aromatic heterocycles. The number of aliphatic hydroxyl groups excluding tert-OH is 1. The molecule has 2 aromatic rings. The van der Waals surface area contributed by atoms with E-state index in [1.54, 1.807) is 0 Å². The number of allylic oxidation sites excluding steroid dienone is 1. The molecule has 0 saturated heterocycles. The van der Waals surface area contributed by atoms with Crippen LogP contribution in [-0.2, 0) is 6.42 Å². The van der Waals surface area contributed by atoms with Gasteiger partial charge in [-0.05, 0) is 6.92 Å². The highest BCUT2D eigenvalue weighted by Crippen LogP contribution is 2.20. The average molecular weight is 228 g/mol. The molecule has 0 saturated carbocycles. The molecule has 0 unspecified atom stereocenters. The molecule has 0 amide bonds. The van der Waals surface area contributed by atoms with Gasteiger partial charge in [0.2, 0.25) is 0 Å². The largest absolute Gasteiger partial charge is 0.396 e. The first-order chi connectivity index (χ1) is 8.36. The Hall–Kier alpha value is -1.87. The summed E-state index contributed by atoms with van der Waals surface area (Å²) < 4.78 is 2.02. The van der Waals surface area contributed by atoms with E-state index in [1.165, 1.54) is 0 Å². The van der Waals surface area contributed by atoms with Crippen LogP contribution in [0, 0.1) is 0 Å². The van der Waals surface area contributed by atoms with Crippen LogP contribution in [0.3, 0.4) is 0 Å². The molecule has 3 heteroatoms. The summed E-state index contributed by atoms with van der Waals surface area (Å²) in [4.78, 5) is 4.42. The molecule has 0 aliphatic carbocycles. The van der Waals surface area contributed by atoms with Crippen LogP contribution in [0.15, 0.2) is 42.6 Å². The lowest BCUT2D eigenvalue weighted by atomic mass is 10.2. The van der Waals surface area contributed by atoms with Crippen molar-refractivity contribution in [1.29, 1.82) is 0 Å². The first-order valence-electron chi connectivity index (χ1n) is 5.72. The van der Waals surface area contributed by atoms with E-state index in [2.05, 4.69) is 4.98 Å². The second-order valence-electron chi connectivity index (χ2n) is 3.77. The Morgan fingerprint density at radius 3 is 2.71 bits per heavy atom. The van der Waals surface area contributed by atoms with Gasteiger partial charge in [0.15, 0.2) is 0 Å². The van der Waals surface area contributed by atoms with Crippen LogP contribution in [0.2, 0.25) is 0 Å². The van der Waals surface area contributed by atoms with Gasteiger partial charge in [-0.2, -0.15) is 0 Å². The van der Waals surface area contributed by atoms with Gasteiger partial charge < -0.3 is 9.67 Å². The molecule has 0 fully saturated rings. The maximum Gasteiger partial charge on any atom is 0.144 e. The van der Waals surface area contributed by atoms with Crippen LogP contribution in [0.25, 0.3) is 17.6 Å². The first kappa shape index (κ1) is 11.6. The zero-order valence-corrected chi connectivity index (χ0v) is 9.87. The van der Waals surface area contributed by atoms with E-state index in [1.807, 2.05) is 60.3 Å². The fourth-order valence-electron chi connectivity index (χ4n) is 1.81. The molecule has 0 spiro atoms. The van der Waals surface area contributed by atoms with Crippen LogP contribution in [0.1, 0.15) is 12.6 Å². The lowest BCUT2D eigenvalue weighted by molar-refractivity contribution is 0.298. The molecule has 1 aromatic carbocycles. The number of hydrogen-bond acceptors (Lipinski definition) is 2. The number of aliphatic hydroxyl groups is 1.